The number of nitro groups is 1. The summed E-state index contributed by atoms with van der Waals surface area (Å²) in [6.45, 7) is 3.11. The van der Waals surface area contributed by atoms with Gasteiger partial charge in [0, 0.05) is 49.9 Å². The molecule has 1 aromatic carbocycles. The van der Waals surface area contributed by atoms with Crippen LogP contribution in [0.25, 0.3) is 5.82 Å². The van der Waals surface area contributed by atoms with Crippen LogP contribution in [0.3, 0.4) is 0 Å². The van der Waals surface area contributed by atoms with E-state index in [0.717, 1.165) is 24.5 Å². The number of pyridine rings is 1. The number of nitrogens with zero attached hydrogens (tertiary/aromatic N) is 5. The highest BCUT2D eigenvalue weighted by atomic mass is 32.2. The van der Waals surface area contributed by atoms with Gasteiger partial charge >= 0.3 is 0 Å². The zero-order chi connectivity index (χ0) is 22.7. The monoisotopic (exact) mass is 456 g/mol. The third kappa shape index (κ3) is 4.48. The van der Waals surface area contributed by atoms with Crippen LogP contribution in [0.15, 0.2) is 59.9 Å². The molecule has 0 unspecified atom stereocenters. The largest absolute Gasteiger partial charge is 0.375 e. The number of sulfonamides is 1. The molecule has 1 atom stereocenters. The van der Waals surface area contributed by atoms with Crippen LogP contribution in [0.1, 0.15) is 25.3 Å². The second-order valence-corrected chi connectivity index (χ2v) is 9.77. The van der Waals surface area contributed by atoms with Crippen molar-refractivity contribution < 1.29 is 13.3 Å². The Hall–Kier alpha value is -3.31. The summed E-state index contributed by atoms with van der Waals surface area (Å²) in [5, 5.41) is 19.0. The van der Waals surface area contributed by atoms with Crippen LogP contribution in [0.5, 0.6) is 0 Å². The van der Waals surface area contributed by atoms with Gasteiger partial charge in [0.1, 0.15) is 5.69 Å². The van der Waals surface area contributed by atoms with Crippen molar-refractivity contribution in [2.24, 2.45) is 5.92 Å². The molecular weight excluding hydrogens is 432 g/mol. The minimum Gasteiger partial charge on any atom is -0.375 e. The van der Waals surface area contributed by atoms with Crippen molar-refractivity contribution in [1.82, 2.24) is 19.1 Å². The lowest BCUT2D eigenvalue weighted by Gasteiger charge is -2.30. The number of nitro benzene ring substituents is 1. The minimum absolute atomic E-state index is 0.0672. The normalized spacial score (nSPS) is 17.2. The van der Waals surface area contributed by atoms with Crippen molar-refractivity contribution in [3.05, 3.63) is 70.7 Å². The first-order valence-corrected chi connectivity index (χ1v) is 11.8. The van der Waals surface area contributed by atoms with Crippen molar-refractivity contribution >= 4 is 21.4 Å². The number of aromatic nitrogens is 3. The topological polar surface area (TPSA) is 123 Å². The molecule has 32 heavy (non-hydrogen) atoms. The van der Waals surface area contributed by atoms with Crippen molar-refractivity contribution in [2.75, 3.05) is 18.4 Å². The number of hydrogen-bond donors (Lipinski definition) is 1. The van der Waals surface area contributed by atoms with Gasteiger partial charge in [-0.2, -0.15) is 9.40 Å². The maximum absolute atomic E-state index is 13.0. The fraction of sp³-hybridized carbons (Fsp3) is 0.333. The lowest BCUT2D eigenvalue weighted by atomic mass is 10.0. The third-order valence-electron chi connectivity index (χ3n) is 5.48. The SMILES string of the molecule is C[C@H]1CCCN(S(=O)(=O)c2ccc(NCc3cccnc3-n3cccn3)c([N+](=O)[O-])c2)C1. The maximum atomic E-state index is 13.0. The fourth-order valence-electron chi connectivity index (χ4n) is 3.85. The molecule has 1 aliphatic heterocycles. The molecule has 0 saturated carbocycles. The first kappa shape index (κ1) is 21.9. The first-order valence-electron chi connectivity index (χ1n) is 10.3. The predicted octanol–water partition coefficient (Wildman–Crippen LogP) is 3.21. The van der Waals surface area contributed by atoms with Crippen LogP contribution in [0.2, 0.25) is 0 Å². The number of benzene rings is 1. The van der Waals surface area contributed by atoms with Crippen molar-refractivity contribution in [3.8, 4) is 5.82 Å². The Kier molecular flexibility index (Phi) is 6.19. The highest BCUT2D eigenvalue weighted by Gasteiger charge is 2.30. The molecule has 1 saturated heterocycles. The predicted molar refractivity (Wildman–Crippen MR) is 119 cm³/mol. The molecule has 3 heterocycles. The zero-order valence-electron chi connectivity index (χ0n) is 17.6. The van der Waals surface area contributed by atoms with Gasteiger partial charge in [-0.3, -0.25) is 10.1 Å². The minimum atomic E-state index is -3.79. The number of rotatable bonds is 7. The third-order valence-corrected chi connectivity index (χ3v) is 7.34. The van der Waals surface area contributed by atoms with E-state index in [2.05, 4.69) is 15.4 Å². The number of hydrogen-bond acceptors (Lipinski definition) is 7. The van der Waals surface area contributed by atoms with Crippen molar-refractivity contribution in [3.63, 3.8) is 0 Å². The van der Waals surface area contributed by atoms with E-state index in [0.29, 0.717) is 18.9 Å². The van der Waals surface area contributed by atoms with E-state index in [9.17, 15) is 18.5 Å². The van der Waals surface area contributed by atoms with Crippen LogP contribution in [-0.2, 0) is 16.6 Å². The Bertz CT molecular complexity index is 1210. The van der Waals surface area contributed by atoms with E-state index in [1.54, 1.807) is 35.4 Å². The van der Waals surface area contributed by atoms with E-state index in [1.165, 1.54) is 16.4 Å². The Labute approximate surface area is 186 Å². The van der Waals surface area contributed by atoms with Gasteiger partial charge in [0.25, 0.3) is 5.69 Å². The highest BCUT2D eigenvalue weighted by molar-refractivity contribution is 7.89. The molecule has 1 fully saturated rings. The number of anilines is 1. The Morgan fingerprint density at radius 2 is 2.09 bits per heavy atom. The van der Waals surface area contributed by atoms with Crippen LogP contribution in [0.4, 0.5) is 11.4 Å². The molecule has 0 aliphatic carbocycles. The van der Waals surface area contributed by atoms with E-state index in [-0.39, 0.29) is 28.7 Å². The Morgan fingerprint density at radius 1 is 1.25 bits per heavy atom. The van der Waals surface area contributed by atoms with Crippen molar-refractivity contribution in [2.45, 2.75) is 31.2 Å². The summed E-state index contributed by atoms with van der Waals surface area (Å²) in [7, 11) is -3.79. The lowest BCUT2D eigenvalue weighted by Crippen LogP contribution is -2.39. The van der Waals surface area contributed by atoms with Crippen molar-refractivity contribution in [1.29, 1.82) is 0 Å². The van der Waals surface area contributed by atoms with E-state index < -0.39 is 14.9 Å². The highest BCUT2D eigenvalue weighted by Crippen LogP contribution is 2.31. The summed E-state index contributed by atoms with van der Waals surface area (Å²) in [5.74, 6) is 0.865. The smallest absolute Gasteiger partial charge is 0.293 e. The molecule has 11 heteroatoms. The molecule has 0 amide bonds. The summed E-state index contributed by atoms with van der Waals surface area (Å²) < 4.78 is 29.1. The second-order valence-electron chi connectivity index (χ2n) is 7.84. The van der Waals surface area contributed by atoms with E-state index >= 15 is 0 Å². The summed E-state index contributed by atoms with van der Waals surface area (Å²) in [6.07, 6.45) is 6.80. The summed E-state index contributed by atoms with van der Waals surface area (Å²) in [6, 6.07) is 9.39. The van der Waals surface area contributed by atoms with Crippen LogP contribution >= 0.6 is 0 Å². The quantitative estimate of drug-likeness (QED) is 0.428. The van der Waals surface area contributed by atoms with Crippen LogP contribution < -0.4 is 5.32 Å². The molecule has 3 aromatic rings. The van der Waals surface area contributed by atoms with Gasteiger partial charge in [-0.05, 0) is 43.0 Å². The second kappa shape index (κ2) is 9.05. The molecule has 4 rings (SSSR count). The molecule has 0 spiro atoms. The Morgan fingerprint density at radius 3 is 2.81 bits per heavy atom. The van der Waals surface area contributed by atoms with Gasteiger partial charge < -0.3 is 5.32 Å². The molecule has 2 aromatic heterocycles. The summed E-state index contributed by atoms with van der Waals surface area (Å²) in [4.78, 5) is 15.4. The molecule has 0 radical (unpaired) electrons. The van der Waals surface area contributed by atoms with Gasteiger partial charge in [0.05, 0.1) is 9.82 Å². The summed E-state index contributed by atoms with van der Waals surface area (Å²) in [5.41, 5.74) is 0.724. The van der Waals surface area contributed by atoms with E-state index in [1.807, 2.05) is 13.0 Å². The van der Waals surface area contributed by atoms with Crippen LogP contribution in [0, 0.1) is 16.0 Å². The van der Waals surface area contributed by atoms with Gasteiger partial charge in [0.15, 0.2) is 5.82 Å². The number of piperidine rings is 1. The molecule has 168 valence electrons. The van der Waals surface area contributed by atoms with Gasteiger partial charge in [0.2, 0.25) is 10.0 Å². The molecule has 1 aliphatic rings. The fourth-order valence-corrected chi connectivity index (χ4v) is 5.46. The van der Waals surface area contributed by atoms with Gasteiger partial charge in [-0.15, -0.1) is 0 Å². The lowest BCUT2D eigenvalue weighted by molar-refractivity contribution is -0.384. The first-order chi connectivity index (χ1) is 15.4. The Balaban J connectivity index is 1.59. The average molecular weight is 457 g/mol. The summed E-state index contributed by atoms with van der Waals surface area (Å²) >= 11 is 0. The molecule has 1 N–H and O–H groups in total. The molecule has 0 bridgehead atoms. The zero-order valence-corrected chi connectivity index (χ0v) is 18.4. The van der Waals surface area contributed by atoms with Gasteiger partial charge in [-0.1, -0.05) is 13.0 Å². The maximum Gasteiger partial charge on any atom is 0.293 e. The van der Waals surface area contributed by atoms with E-state index in [4.69, 9.17) is 0 Å². The number of nitrogens with one attached hydrogen (secondary N) is 1. The van der Waals surface area contributed by atoms with Gasteiger partial charge in [-0.25, -0.2) is 18.1 Å². The molecule has 10 nitrogen and oxygen atoms in total. The standard InChI is InChI=1S/C21H24N6O4S/c1-16-5-3-11-25(15-16)32(30,31)18-7-8-19(20(13-18)27(28)29)23-14-17-6-2-9-22-21(17)26-12-4-10-24-26/h2,4,6-10,12-13,16,23H,3,5,11,14-15H2,1H3/t16-/m0/s1. The van der Waals surface area contributed by atoms with Crippen LogP contribution in [-0.4, -0.2) is 45.5 Å². The molecular formula is C21H24N6O4S. The average Bonchev–Trinajstić information content (AvgIpc) is 3.32.